The fourth-order valence-electron chi connectivity index (χ4n) is 4.24. The molecule has 0 spiro atoms. The van der Waals surface area contributed by atoms with Gasteiger partial charge < -0.3 is 20.0 Å². The van der Waals surface area contributed by atoms with Crippen LogP contribution in [0.5, 0.6) is 0 Å². The van der Waals surface area contributed by atoms with Crippen molar-refractivity contribution in [3.8, 4) is 11.1 Å². The van der Waals surface area contributed by atoms with Crippen molar-refractivity contribution in [2.24, 2.45) is 0 Å². The van der Waals surface area contributed by atoms with Gasteiger partial charge in [-0.15, -0.1) is 0 Å². The molecule has 2 aromatic heterocycles. The minimum absolute atomic E-state index is 0.136. The summed E-state index contributed by atoms with van der Waals surface area (Å²) in [6.45, 7) is 0.270. The van der Waals surface area contributed by atoms with Gasteiger partial charge in [0, 0.05) is 12.1 Å². The third-order valence-corrected chi connectivity index (χ3v) is 6.25. The van der Waals surface area contributed by atoms with Crippen LogP contribution in [0.3, 0.4) is 0 Å². The summed E-state index contributed by atoms with van der Waals surface area (Å²) in [6.07, 6.45) is 0.982. The maximum Gasteiger partial charge on any atom is 0.433 e. The van der Waals surface area contributed by atoms with E-state index >= 15 is 0 Å². The van der Waals surface area contributed by atoms with Crippen LogP contribution in [0.25, 0.3) is 22.2 Å². The number of aromatic nitrogens is 2. The number of fused-ring (bicyclic) bond motifs is 1. The molecule has 1 atom stereocenters. The van der Waals surface area contributed by atoms with Gasteiger partial charge in [-0.3, -0.25) is 19.7 Å². The second-order valence-electron chi connectivity index (χ2n) is 8.90. The molecule has 0 saturated carbocycles. The highest BCUT2D eigenvalue weighted by atomic mass is 16.6. The van der Waals surface area contributed by atoms with Crippen molar-refractivity contribution < 1.29 is 18.9 Å². The van der Waals surface area contributed by atoms with Gasteiger partial charge in [0.15, 0.2) is 5.76 Å². The Labute approximate surface area is 223 Å². The fourth-order valence-corrected chi connectivity index (χ4v) is 4.24. The number of hydrogen-bond acceptors (Lipinski definition) is 6. The molecule has 2 heterocycles. The Hall–Kier alpha value is -5.25. The number of rotatable bonds is 10. The van der Waals surface area contributed by atoms with Crippen molar-refractivity contribution in [2.75, 3.05) is 6.54 Å². The lowest BCUT2D eigenvalue weighted by molar-refractivity contribution is -0.402. The molecule has 5 aromatic rings. The Kier molecular flexibility index (Phi) is 7.44. The van der Waals surface area contributed by atoms with Crippen molar-refractivity contribution in [1.29, 1.82) is 0 Å². The van der Waals surface area contributed by atoms with E-state index in [1.54, 1.807) is 12.1 Å². The number of carbonyl (C=O) groups is 2. The largest absolute Gasteiger partial charge is 0.433 e. The summed E-state index contributed by atoms with van der Waals surface area (Å²) in [4.78, 5) is 43.5. The third-order valence-electron chi connectivity index (χ3n) is 6.25. The zero-order valence-corrected chi connectivity index (χ0v) is 20.8. The smallest absolute Gasteiger partial charge is 0.395 e. The molecule has 3 N–H and O–H groups in total. The number of furan rings is 1. The molecule has 0 aliphatic carbocycles. The molecule has 5 rings (SSSR count). The minimum atomic E-state index is -0.702. The Morgan fingerprint density at radius 3 is 2.33 bits per heavy atom. The van der Waals surface area contributed by atoms with E-state index in [4.69, 9.17) is 4.42 Å². The van der Waals surface area contributed by atoms with E-state index in [1.807, 2.05) is 66.7 Å². The third kappa shape index (κ3) is 6.02. The molecule has 0 aliphatic rings. The van der Waals surface area contributed by atoms with Gasteiger partial charge in [0.2, 0.25) is 0 Å². The first-order valence-electron chi connectivity index (χ1n) is 12.4. The summed E-state index contributed by atoms with van der Waals surface area (Å²) in [7, 11) is 0. The van der Waals surface area contributed by atoms with Crippen molar-refractivity contribution in [2.45, 2.75) is 18.9 Å². The summed E-state index contributed by atoms with van der Waals surface area (Å²) in [5, 5.41) is 16.5. The Bertz CT molecular complexity index is 1580. The van der Waals surface area contributed by atoms with Gasteiger partial charge in [-0.25, -0.2) is 4.98 Å². The Balaban J connectivity index is 1.26. The van der Waals surface area contributed by atoms with Crippen molar-refractivity contribution in [1.82, 2.24) is 20.6 Å². The van der Waals surface area contributed by atoms with Crippen LogP contribution in [0.4, 0.5) is 5.88 Å². The van der Waals surface area contributed by atoms with Gasteiger partial charge in [-0.1, -0.05) is 54.6 Å². The number of carbonyl (C=O) groups excluding carboxylic acids is 2. The van der Waals surface area contributed by atoms with Crippen LogP contribution in [0.1, 0.15) is 45.6 Å². The molecule has 0 bridgehead atoms. The molecule has 2 amide bonds. The second kappa shape index (κ2) is 11.4. The van der Waals surface area contributed by atoms with E-state index in [1.165, 1.54) is 6.07 Å². The predicted octanol–water partition coefficient (Wildman–Crippen LogP) is 5.41. The lowest BCUT2D eigenvalue weighted by atomic mass is 10.0. The molecule has 0 fully saturated rings. The van der Waals surface area contributed by atoms with Crippen LogP contribution in [0, 0.1) is 10.1 Å². The highest BCUT2D eigenvalue weighted by Gasteiger charge is 2.21. The first-order valence-corrected chi connectivity index (χ1v) is 12.4. The molecule has 10 nitrogen and oxygen atoms in total. The molecule has 0 aliphatic heterocycles. The number of imidazole rings is 1. The monoisotopic (exact) mass is 523 g/mol. The number of aromatic amines is 1. The molecule has 0 radical (unpaired) electrons. The van der Waals surface area contributed by atoms with E-state index < -0.39 is 22.8 Å². The van der Waals surface area contributed by atoms with Crippen molar-refractivity contribution in [3.63, 3.8) is 0 Å². The van der Waals surface area contributed by atoms with Gasteiger partial charge >= 0.3 is 5.88 Å². The molecule has 3 aromatic carbocycles. The summed E-state index contributed by atoms with van der Waals surface area (Å²) in [6, 6.07) is 26.9. The average molecular weight is 524 g/mol. The summed E-state index contributed by atoms with van der Waals surface area (Å²) < 4.78 is 4.94. The quantitative estimate of drug-likeness (QED) is 0.127. The molecule has 196 valence electrons. The number of para-hydroxylation sites is 2. The Morgan fingerprint density at radius 2 is 1.62 bits per heavy atom. The van der Waals surface area contributed by atoms with E-state index in [2.05, 4.69) is 20.6 Å². The van der Waals surface area contributed by atoms with Gasteiger partial charge in [-0.05, 0) is 54.3 Å². The van der Waals surface area contributed by atoms with Crippen LogP contribution in [0.15, 0.2) is 95.4 Å². The highest BCUT2D eigenvalue weighted by molar-refractivity contribution is 5.95. The summed E-state index contributed by atoms with van der Waals surface area (Å²) >= 11 is 0. The van der Waals surface area contributed by atoms with E-state index in [-0.39, 0.29) is 18.2 Å². The molecule has 39 heavy (non-hydrogen) atoms. The van der Waals surface area contributed by atoms with Gasteiger partial charge in [0.1, 0.15) is 10.7 Å². The van der Waals surface area contributed by atoms with E-state index in [9.17, 15) is 19.7 Å². The average Bonchev–Trinajstić information content (AvgIpc) is 3.63. The lowest BCUT2D eigenvalue weighted by Crippen LogP contribution is -2.30. The van der Waals surface area contributed by atoms with Crippen LogP contribution in [-0.2, 0) is 0 Å². The van der Waals surface area contributed by atoms with E-state index in [0.717, 1.165) is 28.2 Å². The summed E-state index contributed by atoms with van der Waals surface area (Å²) in [5.41, 5.74) is 4.23. The zero-order chi connectivity index (χ0) is 27.2. The van der Waals surface area contributed by atoms with Crippen LogP contribution in [0.2, 0.25) is 0 Å². The Morgan fingerprint density at radius 1 is 0.897 bits per heavy atom. The van der Waals surface area contributed by atoms with Gasteiger partial charge in [0.05, 0.1) is 23.1 Å². The first kappa shape index (κ1) is 25.4. The minimum Gasteiger partial charge on any atom is -0.395 e. The number of nitrogens with zero attached hydrogens (tertiary/aromatic N) is 2. The number of nitrogens with one attached hydrogen (secondary N) is 3. The van der Waals surface area contributed by atoms with Crippen LogP contribution in [-0.4, -0.2) is 33.3 Å². The number of H-pyrrole nitrogens is 1. The summed E-state index contributed by atoms with van der Waals surface area (Å²) in [5.74, 6) is -0.816. The SMILES string of the molecule is O=C(NC(CCCNC(=O)c1ccc([N+](=O)[O-])o1)c1nc2ccccc2[nH]1)c1ccc(-c2ccccc2)cc1. The number of amides is 2. The first-order chi connectivity index (χ1) is 19.0. The topological polar surface area (TPSA) is 143 Å². The van der Waals surface area contributed by atoms with Crippen LogP contribution >= 0.6 is 0 Å². The van der Waals surface area contributed by atoms with E-state index in [0.29, 0.717) is 24.2 Å². The van der Waals surface area contributed by atoms with Gasteiger partial charge in [-0.2, -0.15) is 0 Å². The maximum absolute atomic E-state index is 13.2. The number of hydrogen-bond donors (Lipinski definition) is 3. The molecule has 1 unspecified atom stereocenters. The number of nitro groups is 1. The predicted molar refractivity (Wildman–Crippen MR) is 145 cm³/mol. The molecular weight excluding hydrogens is 498 g/mol. The van der Waals surface area contributed by atoms with Gasteiger partial charge in [0.25, 0.3) is 11.8 Å². The molecule has 0 saturated heterocycles. The van der Waals surface area contributed by atoms with Crippen molar-refractivity contribution in [3.05, 3.63) is 118 Å². The standard InChI is InChI=1S/C29H25N5O5/c35-28(21-14-12-20(13-15-21)19-7-2-1-3-8-19)33-24(27-31-22-9-4-5-10-23(22)32-27)11-6-18-30-29(36)25-16-17-26(39-25)34(37)38/h1-5,7-10,12-17,24H,6,11,18H2,(H,30,36)(H,31,32)(H,33,35). The highest BCUT2D eigenvalue weighted by Crippen LogP contribution is 2.22. The normalized spacial score (nSPS) is 11.7. The fraction of sp³-hybridized carbons (Fsp3) is 0.138. The van der Waals surface area contributed by atoms with Crippen molar-refractivity contribution >= 4 is 28.7 Å². The lowest BCUT2D eigenvalue weighted by Gasteiger charge is -2.17. The molecule has 10 heteroatoms. The number of benzene rings is 3. The second-order valence-corrected chi connectivity index (χ2v) is 8.90. The maximum atomic E-state index is 13.2. The molecular formula is C29H25N5O5. The zero-order valence-electron chi connectivity index (χ0n) is 20.8. The van der Waals surface area contributed by atoms with Crippen LogP contribution < -0.4 is 10.6 Å².